The van der Waals surface area contributed by atoms with E-state index in [9.17, 15) is 32.3 Å². The highest BCUT2D eigenvalue weighted by molar-refractivity contribution is 5.94. The van der Waals surface area contributed by atoms with Crippen LogP contribution in [0.1, 0.15) is 74.5 Å². The Kier molecular flexibility index (Phi) is 8.44. The molecule has 2 fully saturated rings. The summed E-state index contributed by atoms with van der Waals surface area (Å²) in [5, 5.41) is 16.6. The maximum absolute atomic E-state index is 14.5. The van der Waals surface area contributed by atoms with Gasteiger partial charge in [-0.2, -0.15) is 5.10 Å². The van der Waals surface area contributed by atoms with Gasteiger partial charge in [0, 0.05) is 43.2 Å². The van der Waals surface area contributed by atoms with Gasteiger partial charge in [0.2, 0.25) is 0 Å². The fourth-order valence-electron chi connectivity index (χ4n) is 5.56. The van der Waals surface area contributed by atoms with Gasteiger partial charge in [0.1, 0.15) is 12.3 Å². The number of nitrogens with one attached hydrogen (secondary N) is 1. The lowest BCUT2D eigenvalue weighted by Crippen LogP contribution is -2.42. The zero-order valence-electron chi connectivity index (χ0n) is 21.5. The first-order valence-corrected chi connectivity index (χ1v) is 13.1. The summed E-state index contributed by atoms with van der Waals surface area (Å²) < 4.78 is 57.9. The van der Waals surface area contributed by atoms with Crippen molar-refractivity contribution in [2.24, 2.45) is 0 Å². The summed E-state index contributed by atoms with van der Waals surface area (Å²) in [7, 11) is 0. The second-order valence-corrected chi connectivity index (χ2v) is 10.6. The largest absolute Gasteiger partial charge is 0.481 e. The van der Waals surface area contributed by atoms with E-state index in [0.29, 0.717) is 5.69 Å². The molecule has 0 bridgehead atoms. The summed E-state index contributed by atoms with van der Waals surface area (Å²) in [6.45, 7) is 2.38. The number of carbonyl (C=O) groups is 2. The molecule has 0 radical (unpaired) electrons. The molecular formula is C27H34F4N4O3. The van der Waals surface area contributed by atoms with E-state index in [4.69, 9.17) is 0 Å². The third kappa shape index (κ3) is 6.36. The molecule has 0 spiro atoms. The van der Waals surface area contributed by atoms with Crippen LogP contribution in [0.4, 0.5) is 17.6 Å². The molecule has 2 aromatic rings. The van der Waals surface area contributed by atoms with Crippen LogP contribution in [0.2, 0.25) is 0 Å². The first-order valence-electron chi connectivity index (χ1n) is 13.1. The molecule has 2 heterocycles. The molecule has 4 rings (SSSR count). The zero-order chi connectivity index (χ0) is 27.6. The van der Waals surface area contributed by atoms with Crippen molar-refractivity contribution in [1.82, 2.24) is 20.0 Å². The van der Waals surface area contributed by atoms with Gasteiger partial charge in [-0.05, 0) is 32.3 Å². The number of carboxylic acids is 1. The second-order valence-electron chi connectivity index (χ2n) is 10.6. The van der Waals surface area contributed by atoms with Gasteiger partial charge < -0.3 is 10.4 Å². The van der Waals surface area contributed by atoms with Crippen LogP contribution < -0.4 is 5.32 Å². The van der Waals surface area contributed by atoms with Crippen LogP contribution in [0, 0.1) is 0 Å². The van der Waals surface area contributed by atoms with Crippen LogP contribution in [0.3, 0.4) is 0 Å². The normalized spacial score (nSPS) is 22.5. The Morgan fingerprint density at radius 2 is 1.79 bits per heavy atom. The number of nitrogens with zero attached hydrogens (tertiary/aromatic N) is 3. The van der Waals surface area contributed by atoms with Gasteiger partial charge in [0.25, 0.3) is 11.8 Å². The first kappa shape index (κ1) is 28.1. The summed E-state index contributed by atoms with van der Waals surface area (Å²) >= 11 is 0. The SMILES string of the molecule is C[C@H](C[C@@H](CC(=O)O)NC(=O)c1cc(-c2ccccc2C(C)(F)F)n(C2CCCC2)n1)N1C[C@H](F)[C@@H](F)C1. The zero-order valence-corrected chi connectivity index (χ0v) is 21.5. The van der Waals surface area contributed by atoms with Crippen molar-refractivity contribution in [1.29, 1.82) is 0 Å². The average Bonchev–Trinajstić information content (AvgIpc) is 3.58. The minimum absolute atomic E-state index is 0.00187. The quantitative estimate of drug-likeness (QED) is 0.410. The van der Waals surface area contributed by atoms with Crippen LogP contribution in [0.5, 0.6) is 0 Å². The molecular weight excluding hydrogens is 504 g/mol. The molecule has 2 N–H and O–H groups in total. The smallest absolute Gasteiger partial charge is 0.305 e. The number of alkyl halides is 4. The number of hydrogen-bond acceptors (Lipinski definition) is 4. The summed E-state index contributed by atoms with van der Waals surface area (Å²) in [5.41, 5.74) is 0.511. The average molecular weight is 539 g/mol. The molecule has 1 aromatic carbocycles. The minimum atomic E-state index is -3.11. The highest BCUT2D eigenvalue weighted by atomic mass is 19.3. The van der Waals surface area contributed by atoms with Crippen molar-refractivity contribution < 1.29 is 32.3 Å². The maximum atomic E-state index is 14.5. The molecule has 208 valence electrons. The summed E-state index contributed by atoms with van der Waals surface area (Å²) in [6.07, 6.45) is 0.127. The van der Waals surface area contributed by atoms with Crippen molar-refractivity contribution >= 4 is 11.9 Å². The van der Waals surface area contributed by atoms with E-state index in [0.717, 1.165) is 32.6 Å². The van der Waals surface area contributed by atoms with Gasteiger partial charge in [-0.1, -0.05) is 37.1 Å². The molecule has 1 saturated heterocycles. The van der Waals surface area contributed by atoms with Gasteiger partial charge in [0.15, 0.2) is 5.69 Å². The Bertz CT molecular complexity index is 1140. The van der Waals surface area contributed by atoms with Crippen LogP contribution in [0.25, 0.3) is 11.3 Å². The topological polar surface area (TPSA) is 87.5 Å². The molecule has 2 aliphatic rings. The van der Waals surface area contributed by atoms with E-state index in [1.54, 1.807) is 28.6 Å². The van der Waals surface area contributed by atoms with E-state index < -0.39 is 36.2 Å². The number of likely N-dealkylation sites (tertiary alicyclic amines) is 1. The summed E-state index contributed by atoms with van der Waals surface area (Å²) in [5.74, 6) is -4.87. The lowest BCUT2D eigenvalue weighted by Gasteiger charge is -2.27. The number of carboxylic acid groups (broad SMARTS) is 1. The van der Waals surface area contributed by atoms with E-state index in [2.05, 4.69) is 10.4 Å². The monoisotopic (exact) mass is 538 g/mol. The lowest BCUT2D eigenvalue weighted by atomic mass is 9.99. The maximum Gasteiger partial charge on any atom is 0.305 e. The summed E-state index contributed by atoms with van der Waals surface area (Å²) in [4.78, 5) is 26.4. The molecule has 1 aliphatic carbocycles. The molecule has 0 unspecified atom stereocenters. The van der Waals surface area contributed by atoms with Gasteiger partial charge in [-0.15, -0.1) is 0 Å². The number of amides is 1. The molecule has 1 aliphatic heterocycles. The number of aliphatic carboxylic acids is 1. The Morgan fingerprint density at radius 1 is 1.16 bits per heavy atom. The number of benzene rings is 1. The number of rotatable bonds is 10. The Hall–Kier alpha value is -2.95. The number of hydrogen-bond donors (Lipinski definition) is 2. The van der Waals surface area contributed by atoms with E-state index >= 15 is 0 Å². The summed E-state index contributed by atoms with van der Waals surface area (Å²) in [6, 6.07) is 6.37. The van der Waals surface area contributed by atoms with Crippen molar-refractivity contribution in [3.05, 3.63) is 41.6 Å². The number of aromatic nitrogens is 2. The van der Waals surface area contributed by atoms with Crippen molar-refractivity contribution in [2.75, 3.05) is 13.1 Å². The molecule has 1 amide bonds. The molecule has 1 saturated carbocycles. The fraction of sp³-hybridized carbons (Fsp3) is 0.593. The molecule has 7 nitrogen and oxygen atoms in total. The Labute approximate surface area is 219 Å². The number of carbonyl (C=O) groups excluding carboxylic acids is 1. The van der Waals surface area contributed by atoms with E-state index in [1.165, 1.54) is 18.2 Å². The Morgan fingerprint density at radius 3 is 2.39 bits per heavy atom. The lowest BCUT2D eigenvalue weighted by molar-refractivity contribution is -0.137. The minimum Gasteiger partial charge on any atom is -0.481 e. The van der Waals surface area contributed by atoms with E-state index in [1.807, 2.05) is 0 Å². The highest BCUT2D eigenvalue weighted by Crippen LogP contribution is 2.39. The number of halogens is 4. The standard InChI is InChI=1S/C27H34F4N4O3/c1-16(34-14-21(28)22(29)15-34)11-17(12-25(36)37)32-26(38)23-13-24(35(33-23)18-7-3-4-8-18)19-9-5-6-10-20(19)27(2,30)31/h5-6,9-10,13,16-18,21-22H,3-4,7-8,11-12,14-15H2,1-2H3,(H,32,38)(H,36,37)/t16-,17+,21+,22+/m1/s1. The van der Waals surface area contributed by atoms with Crippen LogP contribution >= 0.6 is 0 Å². The van der Waals surface area contributed by atoms with Crippen molar-refractivity contribution in [3.8, 4) is 11.3 Å². The molecule has 38 heavy (non-hydrogen) atoms. The van der Waals surface area contributed by atoms with E-state index in [-0.39, 0.29) is 54.8 Å². The van der Waals surface area contributed by atoms with Gasteiger partial charge >= 0.3 is 5.97 Å². The fourth-order valence-corrected chi connectivity index (χ4v) is 5.56. The molecule has 4 atom stereocenters. The highest BCUT2D eigenvalue weighted by Gasteiger charge is 2.36. The second kappa shape index (κ2) is 11.4. The Balaban J connectivity index is 1.60. The van der Waals surface area contributed by atoms with Gasteiger partial charge in [-0.3, -0.25) is 19.2 Å². The third-order valence-electron chi connectivity index (χ3n) is 7.53. The van der Waals surface area contributed by atoms with Gasteiger partial charge in [-0.25, -0.2) is 17.6 Å². The predicted octanol–water partition coefficient (Wildman–Crippen LogP) is 5.12. The van der Waals surface area contributed by atoms with Crippen LogP contribution in [0.15, 0.2) is 30.3 Å². The van der Waals surface area contributed by atoms with Crippen molar-refractivity contribution in [3.63, 3.8) is 0 Å². The predicted molar refractivity (Wildman–Crippen MR) is 134 cm³/mol. The third-order valence-corrected chi connectivity index (χ3v) is 7.53. The van der Waals surface area contributed by atoms with Crippen LogP contribution in [-0.4, -0.2) is 69.2 Å². The molecule has 11 heteroatoms. The molecule has 1 aromatic heterocycles. The van der Waals surface area contributed by atoms with Gasteiger partial charge in [0.05, 0.1) is 18.2 Å². The first-order chi connectivity index (χ1) is 17.9. The van der Waals surface area contributed by atoms with Crippen LogP contribution in [-0.2, 0) is 10.7 Å². The van der Waals surface area contributed by atoms with Crippen molar-refractivity contribution in [2.45, 2.75) is 88.8 Å².